The normalized spacial score (nSPS) is 9.33. The van der Waals surface area contributed by atoms with Gasteiger partial charge in [0.2, 0.25) is 11.0 Å². The van der Waals surface area contributed by atoms with Crippen LogP contribution in [-0.4, -0.2) is 21.4 Å². The maximum Gasteiger partial charge on any atom is 0.348 e. The van der Waals surface area contributed by atoms with Crippen molar-refractivity contribution in [3.8, 4) is 12.3 Å². The molecule has 0 bridgehead atoms. The number of rotatable bonds is 4. The molecule has 0 spiro atoms. The van der Waals surface area contributed by atoms with Gasteiger partial charge in [-0.1, -0.05) is 11.6 Å². The second-order valence-electron chi connectivity index (χ2n) is 2.50. The zero-order chi connectivity index (χ0) is 11.3. The van der Waals surface area contributed by atoms with Crippen molar-refractivity contribution in [1.29, 1.82) is 0 Å². The van der Waals surface area contributed by atoms with E-state index in [1.807, 2.05) is 0 Å². The molecule has 15 heavy (non-hydrogen) atoms. The summed E-state index contributed by atoms with van der Waals surface area (Å²) < 4.78 is 0. The van der Waals surface area contributed by atoms with Crippen LogP contribution in [0.2, 0.25) is 5.15 Å². The van der Waals surface area contributed by atoms with Crippen LogP contribution in [0.15, 0.2) is 6.33 Å². The van der Waals surface area contributed by atoms with E-state index in [-0.39, 0.29) is 16.7 Å². The van der Waals surface area contributed by atoms with Crippen molar-refractivity contribution < 1.29 is 4.92 Å². The molecule has 0 amide bonds. The first-order valence-corrected chi connectivity index (χ1v) is 4.37. The Balaban J connectivity index is 2.92. The summed E-state index contributed by atoms with van der Waals surface area (Å²) in [5.41, 5.74) is -0.337. The predicted octanol–water partition coefficient (Wildman–Crippen LogP) is 1.47. The van der Waals surface area contributed by atoms with Gasteiger partial charge in [0.05, 0.1) is 4.92 Å². The lowest BCUT2D eigenvalue weighted by Gasteiger charge is -2.03. The fraction of sp³-hybridized carbons (Fsp3) is 0.250. The molecule has 0 radical (unpaired) electrons. The summed E-state index contributed by atoms with van der Waals surface area (Å²) in [6, 6.07) is 0. The maximum atomic E-state index is 10.6. The van der Waals surface area contributed by atoms with Crippen LogP contribution >= 0.6 is 11.6 Å². The monoisotopic (exact) mass is 226 g/mol. The summed E-state index contributed by atoms with van der Waals surface area (Å²) in [5.74, 6) is 2.47. The Labute approximate surface area is 90.8 Å². The van der Waals surface area contributed by atoms with Crippen LogP contribution in [0.25, 0.3) is 0 Å². The van der Waals surface area contributed by atoms with E-state index in [0.717, 1.165) is 6.33 Å². The fourth-order valence-electron chi connectivity index (χ4n) is 0.902. The van der Waals surface area contributed by atoms with Crippen molar-refractivity contribution in [2.75, 3.05) is 11.9 Å². The van der Waals surface area contributed by atoms with Crippen molar-refractivity contribution in [3.63, 3.8) is 0 Å². The fourth-order valence-corrected chi connectivity index (χ4v) is 1.10. The van der Waals surface area contributed by atoms with E-state index in [4.69, 9.17) is 18.0 Å². The number of aromatic nitrogens is 2. The van der Waals surface area contributed by atoms with Crippen LogP contribution in [0.5, 0.6) is 0 Å². The van der Waals surface area contributed by atoms with E-state index in [9.17, 15) is 10.1 Å². The Morgan fingerprint density at radius 1 is 1.67 bits per heavy atom. The highest BCUT2D eigenvalue weighted by atomic mass is 35.5. The molecule has 1 N–H and O–H groups in total. The Morgan fingerprint density at radius 2 is 2.40 bits per heavy atom. The summed E-state index contributed by atoms with van der Waals surface area (Å²) in [5, 5.41) is 13.2. The Morgan fingerprint density at radius 3 is 3.00 bits per heavy atom. The minimum absolute atomic E-state index is 0.0789. The lowest BCUT2D eigenvalue weighted by Crippen LogP contribution is -2.06. The molecule has 1 aromatic heterocycles. The first-order valence-electron chi connectivity index (χ1n) is 3.99. The predicted molar refractivity (Wildman–Crippen MR) is 55.6 cm³/mol. The molecule has 7 heteroatoms. The van der Waals surface area contributed by atoms with E-state index in [1.165, 1.54) is 0 Å². The average molecular weight is 227 g/mol. The van der Waals surface area contributed by atoms with Gasteiger partial charge >= 0.3 is 5.69 Å². The molecule has 0 saturated carbocycles. The number of terminal acetylenes is 1. The lowest BCUT2D eigenvalue weighted by atomic mass is 10.4. The third-order valence-corrected chi connectivity index (χ3v) is 1.80. The number of halogens is 1. The SMILES string of the molecule is C#CCCNc1ncnc(Cl)c1[N+](=O)[O-]. The molecule has 1 aromatic rings. The molecule has 0 saturated heterocycles. The third-order valence-electron chi connectivity index (χ3n) is 1.52. The van der Waals surface area contributed by atoms with Gasteiger partial charge in [-0.05, 0) is 0 Å². The van der Waals surface area contributed by atoms with E-state index >= 15 is 0 Å². The number of hydrogen-bond donors (Lipinski definition) is 1. The van der Waals surface area contributed by atoms with Crippen molar-refractivity contribution >= 4 is 23.1 Å². The summed E-state index contributed by atoms with van der Waals surface area (Å²) in [4.78, 5) is 17.2. The average Bonchev–Trinajstić information content (AvgIpc) is 2.17. The molecule has 0 aliphatic carbocycles. The zero-order valence-electron chi connectivity index (χ0n) is 7.61. The number of anilines is 1. The smallest absolute Gasteiger partial charge is 0.348 e. The minimum Gasteiger partial charge on any atom is -0.363 e. The second-order valence-corrected chi connectivity index (χ2v) is 2.86. The van der Waals surface area contributed by atoms with Gasteiger partial charge in [0.15, 0.2) is 0 Å². The molecule has 6 nitrogen and oxygen atoms in total. The van der Waals surface area contributed by atoms with Crippen molar-refractivity contribution in [2.24, 2.45) is 0 Å². The van der Waals surface area contributed by atoms with Crippen molar-refractivity contribution in [3.05, 3.63) is 21.6 Å². The van der Waals surface area contributed by atoms with E-state index in [2.05, 4.69) is 21.2 Å². The number of nitrogens with zero attached hydrogens (tertiary/aromatic N) is 3. The Hall–Kier alpha value is -1.87. The molecule has 78 valence electrons. The van der Waals surface area contributed by atoms with Crippen LogP contribution < -0.4 is 5.32 Å². The molecule has 0 aliphatic rings. The summed E-state index contributed by atoms with van der Waals surface area (Å²) >= 11 is 5.56. The molecule has 1 rings (SSSR count). The van der Waals surface area contributed by atoms with Crippen LogP contribution in [-0.2, 0) is 0 Å². The standard InChI is InChI=1S/C8H7ClN4O2/c1-2-3-4-10-8-6(13(14)15)7(9)11-5-12-8/h1,5H,3-4H2,(H,10,11,12). The number of nitrogens with one attached hydrogen (secondary N) is 1. The van der Waals surface area contributed by atoms with Crippen LogP contribution in [0, 0.1) is 22.5 Å². The van der Waals surface area contributed by atoms with Crippen molar-refractivity contribution in [1.82, 2.24) is 9.97 Å². The van der Waals surface area contributed by atoms with Gasteiger partial charge in [0.1, 0.15) is 6.33 Å². The van der Waals surface area contributed by atoms with Gasteiger partial charge in [-0.3, -0.25) is 10.1 Å². The van der Waals surface area contributed by atoms with E-state index < -0.39 is 4.92 Å². The van der Waals surface area contributed by atoms with Gasteiger partial charge in [-0.15, -0.1) is 12.3 Å². The quantitative estimate of drug-likeness (QED) is 0.276. The summed E-state index contributed by atoms with van der Waals surface area (Å²) in [6.45, 7) is 0.394. The van der Waals surface area contributed by atoms with Crippen LogP contribution in [0.4, 0.5) is 11.5 Å². The topological polar surface area (TPSA) is 81.0 Å². The van der Waals surface area contributed by atoms with Crippen LogP contribution in [0.1, 0.15) is 6.42 Å². The van der Waals surface area contributed by atoms with Gasteiger partial charge in [0.25, 0.3) is 0 Å². The first-order chi connectivity index (χ1) is 7.16. The molecule has 0 fully saturated rings. The Bertz CT molecular complexity index is 416. The summed E-state index contributed by atoms with van der Waals surface area (Å²) in [6.07, 6.45) is 6.63. The van der Waals surface area contributed by atoms with Crippen molar-refractivity contribution in [2.45, 2.75) is 6.42 Å². The Kier molecular flexibility index (Phi) is 3.83. The number of nitro groups is 1. The zero-order valence-corrected chi connectivity index (χ0v) is 8.36. The largest absolute Gasteiger partial charge is 0.363 e. The van der Waals surface area contributed by atoms with Gasteiger partial charge < -0.3 is 5.32 Å². The van der Waals surface area contributed by atoms with E-state index in [0.29, 0.717) is 13.0 Å². The lowest BCUT2D eigenvalue weighted by molar-refractivity contribution is -0.384. The number of hydrogen-bond acceptors (Lipinski definition) is 5. The summed E-state index contributed by atoms with van der Waals surface area (Å²) in [7, 11) is 0. The maximum absolute atomic E-state index is 10.6. The molecular formula is C8H7ClN4O2. The van der Waals surface area contributed by atoms with Gasteiger partial charge in [0, 0.05) is 13.0 Å². The van der Waals surface area contributed by atoms with Gasteiger partial charge in [-0.25, -0.2) is 9.97 Å². The first kappa shape index (κ1) is 11.2. The van der Waals surface area contributed by atoms with Crippen LogP contribution in [0.3, 0.4) is 0 Å². The van der Waals surface area contributed by atoms with Gasteiger partial charge in [-0.2, -0.15) is 0 Å². The molecule has 0 atom stereocenters. The highest BCUT2D eigenvalue weighted by molar-refractivity contribution is 6.31. The molecular weight excluding hydrogens is 220 g/mol. The molecule has 0 aromatic carbocycles. The molecule has 0 aliphatic heterocycles. The third kappa shape index (κ3) is 2.79. The molecule has 1 heterocycles. The highest BCUT2D eigenvalue weighted by Crippen LogP contribution is 2.27. The van der Waals surface area contributed by atoms with E-state index in [1.54, 1.807) is 0 Å². The second kappa shape index (κ2) is 5.12. The highest BCUT2D eigenvalue weighted by Gasteiger charge is 2.20. The molecule has 0 unspecified atom stereocenters. The minimum atomic E-state index is -0.638.